The monoisotopic (exact) mass is 329 g/mol. The van der Waals surface area contributed by atoms with Crippen molar-refractivity contribution in [1.29, 1.82) is 0 Å². The van der Waals surface area contributed by atoms with Crippen LogP contribution in [0.5, 0.6) is 0 Å². The maximum Gasteiger partial charge on any atom is 0.268 e. The molecule has 0 aliphatic carbocycles. The Morgan fingerprint density at radius 2 is 1.91 bits per heavy atom. The summed E-state index contributed by atoms with van der Waals surface area (Å²) in [7, 11) is 0. The minimum absolute atomic E-state index is 0. The summed E-state index contributed by atoms with van der Waals surface area (Å²) in [5, 5.41) is 6.17. The highest BCUT2D eigenvalue weighted by molar-refractivity contribution is 6.02. The molecule has 1 rings (SSSR count). The van der Waals surface area contributed by atoms with Crippen LogP contribution in [0.2, 0.25) is 0 Å². The van der Waals surface area contributed by atoms with Gasteiger partial charge in [0.05, 0.1) is 0 Å². The SMILES string of the molecule is CCCc1c(C(=O)NC[C@@H](C)NCC)[nH]c(C)c1C(C)=O.Cl. The average molecular weight is 330 g/mol. The smallest absolute Gasteiger partial charge is 0.268 e. The van der Waals surface area contributed by atoms with Gasteiger partial charge in [0.25, 0.3) is 5.91 Å². The number of Topliss-reactive ketones (excluding diaryl/α,β-unsaturated/α-hetero) is 1. The summed E-state index contributed by atoms with van der Waals surface area (Å²) in [5.41, 5.74) is 2.82. The van der Waals surface area contributed by atoms with Crippen molar-refractivity contribution in [2.45, 2.75) is 53.5 Å². The summed E-state index contributed by atoms with van der Waals surface area (Å²) in [6.07, 6.45) is 1.62. The molecule has 1 atom stereocenters. The summed E-state index contributed by atoms with van der Waals surface area (Å²) in [6, 6.07) is 0.219. The lowest BCUT2D eigenvalue weighted by Crippen LogP contribution is -2.39. The highest BCUT2D eigenvalue weighted by atomic mass is 35.5. The van der Waals surface area contributed by atoms with Crippen molar-refractivity contribution in [1.82, 2.24) is 15.6 Å². The predicted molar refractivity (Wildman–Crippen MR) is 92.2 cm³/mol. The van der Waals surface area contributed by atoms with Crippen LogP contribution >= 0.6 is 12.4 Å². The number of aryl methyl sites for hydroxylation is 1. The first kappa shape index (κ1) is 20.7. The first-order valence-corrected chi connectivity index (χ1v) is 7.66. The zero-order valence-corrected chi connectivity index (χ0v) is 14.9. The lowest BCUT2D eigenvalue weighted by atomic mass is 10.0. The van der Waals surface area contributed by atoms with Gasteiger partial charge < -0.3 is 15.6 Å². The number of nitrogens with one attached hydrogen (secondary N) is 3. The van der Waals surface area contributed by atoms with Crippen molar-refractivity contribution >= 4 is 24.1 Å². The van der Waals surface area contributed by atoms with Gasteiger partial charge >= 0.3 is 0 Å². The van der Waals surface area contributed by atoms with Crippen LogP contribution in [0.25, 0.3) is 0 Å². The number of likely N-dealkylation sites (N-methyl/N-ethyl adjacent to an activating group) is 1. The van der Waals surface area contributed by atoms with Gasteiger partial charge in [-0.2, -0.15) is 0 Å². The van der Waals surface area contributed by atoms with Crippen molar-refractivity contribution in [2.75, 3.05) is 13.1 Å². The largest absolute Gasteiger partial charge is 0.354 e. The quantitative estimate of drug-likeness (QED) is 0.642. The van der Waals surface area contributed by atoms with Crippen molar-refractivity contribution in [2.24, 2.45) is 0 Å². The molecule has 0 saturated carbocycles. The molecule has 1 aromatic heterocycles. The molecule has 6 heteroatoms. The van der Waals surface area contributed by atoms with Crippen molar-refractivity contribution in [3.05, 3.63) is 22.5 Å². The van der Waals surface area contributed by atoms with Crippen molar-refractivity contribution in [3.8, 4) is 0 Å². The molecule has 1 amide bonds. The van der Waals surface area contributed by atoms with E-state index in [0.717, 1.165) is 30.6 Å². The molecule has 0 spiro atoms. The van der Waals surface area contributed by atoms with E-state index in [2.05, 4.69) is 15.6 Å². The highest BCUT2D eigenvalue weighted by Gasteiger charge is 2.22. The Morgan fingerprint density at radius 3 is 2.41 bits per heavy atom. The van der Waals surface area contributed by atoms with Crippen LogP contribution in [0, 0.1) is 6.92 Å². The number of aromatic amines is 1. The minimum atomic E-state index is -0.140. The Balaban J connectivity index is 0.00000441. The second-order valence-corrected chi connectivity index (χ2v) is 5.45. The number of amides is 1. The third-order valence-electron chi connectivity index (χ3n) is 3.49. The Labute approximate surface area is 139 Å². The molecule has 0 radical (unpaired) electrons. The molecule has 0 aliphatic heterocycles. The van der Waals surface area contributed by atoms with Gasteiger partial charge in [0.15, 0.2) is 5.78 Å². The van der Waals surface area contributed by atoms with E-state index in [1.807, 2.05) is 27.7 Å². The highest BCUT2D eigenvalue weighted by Crippen LogP contribution is 2.21. The number of carbonyl (C=O) groups is 2. The first-order chi connectivity index (χ1) is 9.92. The van der Waals surface area contributed by atoms with Gasteiger partial charge in [-0.25, -0.2) is 0 Å². The van der Waals surface area contributed by atoms with E-state index >= 15 is 0 Å². The fourth-order valence-electron chi connectivity index (χ4n) is 2.60. The number of ketones is 1. The first-order valence-electron chi connectivity index (χ1n) is 7.66. The zero-order valence-electron chi connectivity index (χ0n) is 14.1. The molecule has 0 aromatic carbocycles. The van der Waals surface area contributed by atoms with Gasteiger partial charge in [0.2, 0.25) is 0 Å². The lowest BCUT2D eigenvalue weighted by molar-refractivity contribution is 0.0944. The topological polar surface area (TPSA) is 74.0 Å². The fraction of sp³-hybridized carbons (Fsp3) is 0.625. The van der Waals surface area contributed by atoms with E-state index in [1.54, 1.807) is 6.92 Å². The number of rotatable bonds is 8. The summed E-state index contributed by atoms with van der Waals surface area (Å²) in [6.45, 7) is 10.9. The van der Waals surface area contributed by atoms with Crippen molar-refractivity contribution < 1.29 is 9.59 Å². The minimum Gasteiger partial charge on any atom is -0.354 e. The Kier molecular flexibility index (Phi) is 9.06. The van der Waals surface area contributed by atoms with E-state index in [-0.39, 0.29) is 30.1 Å². The van der Waals surface area contributed by atoms with Crippen LogP contribution in [-0.4, -0.2) is 35.8 Å². The van der Waals surface area contributed by atoms with Crippen LogP contribution < -0.4 is 10.6 Å². The lowest BCUT2D eigenvalue weighted by Gasteiger charge is -2.13. The summed E-state index contributed by atoms with van der Waals surface area (Å²) >= 11 is 0. The Morgan fingerprint density at radius 1 is 1.27 bits per heavy atom. The van der Waals surface area contributed by atoms with Crippen LogP contribution in [0.4, 0.5) is 0 Å². The second kappa shape index (κ2) is 9.64. The fourth-order valence-corrected chi connectivity index (χ4v) is 2.60. The Bertz CT molecular complexity index is 512. The van der Waals surface area contributed by atoms with Gasteiger partial charge in [-0.15, -0.1) is 12.4 Å². The molecule has 0 fully saturated rings. The molecule has 0 aliphatic rings. The third-order valence-corrected chi connectivity index (χ3v) is 3.49. The van der Waals surface area contributed by atoms with E-state index in [4.69, 9.17) is 0 Å². The summed E-state index contributed by atoms with van der Waals surface area (Å²) in [5.74, 6) is -0.133. The third kappa shape index (κ3) is 5.14. The number of hydrogen-bond donors (Lipinski definition) is 3. The molecule has 126 valence electrons. The number of carbonyl (C=O) groups excluding carboxylic acids is 2. The summed E-state index contributed by atoms with van der Waals surface area (Å²) in [4.78, 5) is 27.2. The molecule has 0 bridgehead atoms. The van der Waals surface area contributed by atoms with Crippen LogP contribution in [0.1, 0.15) is 66.2 Å². The number of aromatic nitrogens is 1. The Hall–Kier alpha value is -1.33. The van der Waals surface area contributed by atoms with Gasteiger partial charge in [-0.05, 0) is 39.3 Å². The van der Waals surface area contributed by atoms with Gasteiger partial charge in [0, 0.05) is 23.8 Å². The van der Waals surface area contributed by atoms with E-state index < -0.39 is 0 Å². The molecule has 5 nitrogen and oxygen atoms in total. The van der Waals surface area contributed by atoms with Crippen LogP contribution in [0.15, 0.2) is 0 Å². The molecule has 3 N–H and O–H groups in total. The number of hydrogen-bond acceptors (Lipinski definition) is 3. The van der Waals surface area contributed by atoms with Gasteiger partial charge in [-0.3, -0.25) is 9.59 Å². The maximum atomic E-state index is 12.4. The molecule has 1 heterocycles. The second-order valence-electron chi connectivity index (χ2n) is 5.45. The van der Waals surface area contributed by atoms with E-state index in [9.17, 15) is 9.59 Å². The van der Waals surface area contributed by atoms with Gasteiger partial charge in [-0.1, -0.05) is 20.3 Å². The molecule has 0 saturated heterocycles. The molecule has 1 aromatic rings. The maximum absolute atomic E-state index is 12.4. The zero-order chi connectivity index (χ0) is 16.0. The van der Waals surface area contributed by atoms with Gasteiger partial charge in [0.1, 0.15) is 5.69 Å². The molecule has 0 unspecified atom stereocenters. The number of halogens is 1. The van der Waals surface area contributed by atoms with Crippen LogP contribution in [0.3, 0.4) is 0 Å². The average Bonchev–Trinajstić information content (AvgIpc) is 2.74. The van der Waals surface area contributed by atoms with Crippen LogP contribution in [-0.2, 0) is 6.42 Å². The summed E-state index contributed by atoms with van der Waals surface area (Å²) < 4.78 is 0. The molecule has 22 heavy (non-hydrogen) atoms. The standard InChI is InChI=1S/C16H27N3O2.ClH/c1-6-8-13-14(12(5)20)11(4)19-15(13)16(21)18-9-10(3)17-7-2;/h10,17,19H,6-9H2,1-5H3,(H,18,21);1H/t10-;/m1./s1. The van der Waals surface area contributed by atoms with Crippen molar-refractivity contribution in [3.63, 3.8) is 0 Å². The molecular formula is C16H28ClN3O2. The normalized spacial score (nSPS) is 11.7. The predicted octanol–water partition coefficient (Wildman–Crippen LogP) is 2.63. The molecular weight excluding hydrogens is 302 g/mol. The van der Waals surface area contributed by atoms with E-state index in [1.165, 1.54) is 0 Å². The number of H-pyrrole nitrogens is 1. The van der Waals surface area contributed by atoms with E-state index in [0.29, 0.717) is 17.8 Å².